The largest absolute Gasteiger partial charge is 0.438 e. The van der Waals surface area contributed by atoms with Crippen molar-refractivity contribution in [2.24, 2.45) is 0 Å². The fourth-order valence-electron chi connectivity index (χ4n) is 2.57. The molecule has 2 aromatic heterocycles. The Labute approximate surface area is 125 Å². The minimum atomic E-state index is -0.424. The van der Waals surface area contributed by atoms with E-state index in [1.807, 2.05) is 55.6 Å². The van der Waals surface area contributed by atoms with Gasteiger partial charge < -0.3 is 14.7 Å². The molecule has 0 radical (unpaired) electrons. The molecule has 0 unspecified atom stereocenters. The Morgan fingerprint density at radius 2 is 1.91 bits per heavy atom. The molecule has 2 N–H and O–H groups in total. The number of rotatable bonds is 2. The predicted octanol–water partition coefficient (Wildman–Crippen LogP) is 3.51. The predicted molar refractivity (Wildman–Crippen MR) is 85.5 cm³/mol. The van der Waals surface area contributed by atoms with Crippen molar-refractivity contribution in [2.75, 3.05) is 0 Å². The molecule has 0 saturated heterocycles. The van der Waals surface area contributed by atoms with E-state index < -0.39 is 5.69 Å². The van der Waals surface area contributed by atoms with Crippen LogP contribution in [0.3, 0.4) is 0 Å². The fourth-order valence-corrected chi connectivity index (χ4v) is 2.57. The molecular formula is C17H13N3O2. The molecule has 5 nitrogen and oxygen atoms in total. The number of para-hydroxylation sites is 1. The molecule has 0 bridgehead atoms. The zero-order chi connectivity index (χ0) is 15.1. The van der Waals surface area contributed by atoms with Gasteiger partial charge in [0.25, 0.3) is 0 Å². The number of aromatic amines is 2. The van der Waals surface area contributed by atoms with Gasteiger partial charge in [0.15, 0.2) is 0 Å². The second kappa shape index (κ2) is 4.73. The molecule has 22 heavy (non-hydrogen) atoms. The van der Waals surface area contributed by atoms with E-state index in [2.05, 4.69) is 15.0 Å². The average Bonchev–Trinajstić information content (AvgIpc) is 2.88. The molecule has 4 rings (SSSR count). The molecule has 0 fully saturated rings. The van der Waals surface area contributed by atoms with E-state index in [1.165, 1.54) is 0 Å². The number of benzene rings is 2. The summed E-state index contributed by atoms with van der Waals surface area (Å²) in [5, 5.41) is 1.86. The number of ether oxygens (including phenoxy) is 1. The van der Waals surface area contributed by atoms with Crippen molar-refractivity contribution < 1.29 is 4.74 Å². The second-order valence-corrected chi connectivity index (χ2v) is 5.17. The molecule has 2 aromatic carbocycles. The van der Waals surface area contributed by atoms with Gasteiger partial charge in [-0.05, 0) is 42.8 Å². The summed E-state index contributed by atoms with van der Waals surface area (Å²) >= 11 is 0. The quantitative estimate of drug-likeness (QED) is 0.593. The third-order valence-electron chi connectivity index (χ3n) is 3.68. The summed E-state index contributed by atoms with van der Waals surface area (Å²) in [6.45, 7) is 2.03. The highest BCUT2D eigenvalue weighted by Crippen LogP contribution is 2.28. The summed E-state index contributed by atoms with van der Waals surface area (Å²) in [5.41, 5.74) is 2.47. The Morgan fingerprint density at radius 1 is 1.05 bits per heavy atom. The topological polar surface area (TPSA) is 70.8 Å². The number of fused-ring (bicyclic) bond motifs is 2. The van der Waals surface area contributed by atoms with Crippen molar-refractivity contribution in [3.63, 3.8) is 0 Å². The molecule has 108 valence electrons. The minimum Gasteiger partial charge on any atom is -0.438 e. The lowest BCUT2D eigenvalue weighted by molar-refractivity contribution is 0.467. The Bertz CT molecular complexity index is 1050. The van der Waals surface area contributed by atoms with Gasteiger partial charge in [0.2, 0.25) is 5.88 Å². The third kappa shape index (κ3) is 2.03. The van der Waals surface area contributed by atoms with Gasteiger partial charge in [0.1, 0.15) is 5.75 Å². The van der Waals surface area contributed by atoms with Gasteiger partial charge in [-0.3, -0.25) is 0 Å². The first-order chi connectivity index (χ1) is 10.7. The lowest BCUT2D eigenvalue weighted by Crippen LogP contribution is -2.11. The first kappa shape index (κ1) is 12.6. The molecule has 5 heteroatoms. The van der Waals surface area contributed by atoms with Gasteiger partial charge in [0, 0.05) is 17.1 Å². The van der Waals surface area contributed by atoms with Crippen LogP contribution in [-0.4, -0.2) is 15.0 Å². The van der Waals surface area contributed by atoms with E-state index >= 15 is 0 Å². The summed E-state index contributed by atoms with van der Waals surface area (Å²) in [6, 6.07) is 13.2. The van der Waals surface area contributed by atoms with Crippen LogP contribution in [0.1, 0.15) is 5.56 Å². The van der Waals surface area contributed by atoms with Crippen molar-refractivity contribution in [3.05, 3.63) is 64.7 Å². The SMILES string of the molecule is Cc1c[nH]c2ccc(Oc3nc(=O)[nH]c4ccccc34)cc12. The highest BCUT2D eigenvalue weighted by atomic mass is 16.5. The monoisotopic (exact) mass is 291 g/mol. The van der Waals surface area contributed by atoms with Gasteiger partial charge in [-0.25, -0.2) is 4.79 Å². The van der Waals surface area contributed by atoms with E-state index in [1.54, 1.807) is 0 Å². The Morgan fingerprint density at radius 3 is 2.82 bits per heavy atom. The minimum absolute atomic E-state index is 0.312. The van der Waals surface area contributed by atoms with Crippen LogP contribution in [0, 0.1) is 6.92 Å². The summed E-state index contributed by atoms with van der Waals surface area (Å²) in [6.07, 6.45) is 1.95. The van der Waals surface area contributed by atoms with E-state index in [4.69, 9.17) is 4.74 Å². The molecule has 2 heterocycles. The van der Waals surface area contributed by atoms with Gasteiger partial charge in [-0.15, -0.1) is 0 Å². The van der Waals surface area contributed by atoms with Gasteiger partial charge in [-0.1, -0.05) is 12.1 Å². The third-order valence-corrected chi connectivity index (χ3v) is 3.68. The van der Waals surface area contributed by atoms with Crippen molar-refractivity contribution in [3.8, 4) is 11.6 Å². The summed E-state index contributed by atoms with van der Waals surface area (Å²) < 4.78 is 5.86. The van der Waals surface area contributed by atoms with E-state index in [-0.39, 0.29) is 0 Å². The van der Waals surface area contributed by atoms with E-state index in [0.29, 0.717) is 17.1 Å². The van der Waals surface area contributed by atoms with E-state index in [9.17, 15) is 4.79 Å². The van der Waals surface area contributed by atoms with Crippen molar-refractivity contribution in [1.82, 2.24) is 15.0 Å². The first-order valence-electron chi connectivity index (χ1n) is 6.95. The zero-order valence-corrected chi connectivity index (χ0v) is 11.9. The van der Waals surface area contributed by atoms with Crippen LogP contribution < -0.4 is 10.4 Å². The average molecular weight is 291 g/mol. The maximum absolute atomic E-state index is 11.7. The van der Waals surface area contributed by atoms with Gasteiger partial charge in [-0.2, -0.15) is 4.98 Å². The van der Waals surface area contributed by atoms with Gasteiger partial charge >= 0.3 is 5.69 Å². The number of hydrogen-bond acceptors (Lipinski definition) is 3. The lowest BCUT2D eigenvalue weighted by atomic mass is 10.2. The number of H-pyrrole nitrogens is 2. The molecule has 0 spiro atoms. The maximum Gasteiger partial charge on any atom is 0.348 e. The van der Waals surface area contributed by atoms with Crippen LogP contribution in [0.4, 0.5) is 0 Å². The Hall–Kier alpha value is -3.08. The molecular weight excluding hydrogens is 278 g/mol. The van der Waals surface area contributed by atoms with Crippen LogP contribution in [0.25, 0.3) is 21.8 Å². The number of aryl methyl sites for hydroxylation is 1. The number of hydrogen-bond donors (Lipinski definition) is 2. The molecule has 0 aliphatic carbocycles. The molecule has 0 amide bonds. The van der Waals surface area contributed by atoms with Crippen LogP contribution in [0.15, 0.2) is 53.5 Å². The van der Waals surface area contributed by atoms with Crippen molar-refractivity contribution >= 4 is 21.8 Å². The maximum atomic E-state index is 11.7. The fraction of sp³-hybridized carbons (Fsp3) is 0.0588. The van der Waals surface area contributed by atoms with Crippen molar-refractivity contribution in [1.29, 1.82) is 0 Å². The number of nitrogens with zero attached hydrogens (tertiary/aromatic N) is 1. The smallest absolute Gasteiger partial charge is 0.348 e. The van der Waals surface area contributed by atoms with Crippen molar-refractivity contribution in [2.45, 2.75) is 6.92 Å². The second-order valence-electron chi connectivity index (χ2n) is 5.17. The zero-order valence-electron chi connectivity index (χ0n) is 11.9. The molecule has 0 atom stereocenters. The molecule has 0 saturated carbocycles. The summed E-state index contributed by atoms with van der Waals surface area (Å²) in [5.74, 6) is 0.963. The standard InChI is InChI=1S/C17H13N3O2/c1-10-9-18-14-7-6-11(8-13(10)14)22-16-12-4-2-3-5-15(12)19-17(21)20-16/h2-9,18H,1H3,(H,19,20,21). The highest BCUT2D eigenvalue weighted by Gasteiger charge is 2.08. The molecule has 4 aromatic rings. The van der Waals surface area contributed by atoms with Crippen LogP contribution in [-0.2, 0) is 0 Å². The summed E-state index contributed by atoms with van der Waals surface area (Å²) in [4.78, 5) is 21.5. The Balaban J connectivity index is 1.85. The number of nitrogens with one attached hydrogen (secondary N) is 2. The normalized spacial score (nSPS) is 11.1. The first-order valence-corrected chi connectivity index (χ1v) is 6.95. The number of aromatic nitrogens is 3. The van der Waals surface area contributed by atoms with Crippen LogP contribution >= 0.6 is 0 Å². The molecule has 0 aliphatic rings. The van der Waals surface area contributed by atoms with Crippen LogP contribution in [0.2, 0.25) is 0 Å². The Kier molecular flexibility index (Phi) is 2.72. The van der Waals surface area contributed by atoms with E-state index in [0.717, 1.165) is 21.9 Å². The van der Waals surface area contributed by atoms with Crippen LogP contribution in [0.5, 0.6) is 11.6 Å². The summed E-state index contributed by atoms with van der Waals surface area (Å²) in [7, 11) is 0. The van der Waals surface area contributed by atoms with Gasteiger partial charge in [0.05, 0.1) is 10.9 Å². The molecule has 0 aliphatic heterocycles. The lowest BCUT2D eigenvalue weighted by Gasteiger charge is -2.07. The highest BCUT2D eigenvalue weighted by molar-refractivity contribution is 5.85.